The Labute approximate surface area is 180 Å². The molecule has 3 N–H and O–H groups in total. The Hall–Kier alpha value is -3.72. The normalized spacial score (nSPS) is 11.3. The Morgan fingerprint density at radius 1 is 0.903 bits per heavy atom. The molecule has 0 aromatic heterocycles. The lowest BCUT2D eigenvalue weighted by Gasteiger charge is -2.25. The van der Waals surface area contributed by atoms with E-state index in [0.29, 0.717) is 6.54 Å². The van der Waals surface area contributed by atoms with Crippen molar-refractivity contribution in [3.05, 3.63) is 59.7 Å². The monoisotopic (exact) mass is 426 g/mol. The zero-order chi connectivity index (χ0) is 23.1. The van der Waals surface area contributed by atoms with Crippen molar-refractivity contribution in [2.45, 2.75) is 19.5 Å². The minimum Gasteiger partial charge on any atom is -0.357 e. The largest absolute Gasteiger partial charge is 0.357 e. The van der Waals surface area contributed by atoms with Gasteiger partial charge in [-0.15, -0.1) is 0 Å². The van der Waals surface area contributed by atoms with E-state index in [2.05, 4.69) is 5.32 Å². The minimum absolute atomic E-state index is 0.00979. The minimum atomic E-state index is -1.51. The van der Waals surface area contributed by atoms with Crippen LogP contribution in [0.3, 0.4) is 0 Å². The van der Waals surface area contributed by atoms with Crippen LogP contribution in [0.4, 0.5) is 0 Å². The SMILES string of the molecule is CNC(=O)C(C(=O)NO)N(C)C(=O)c1ccc(-c2ccc(CN(C)C(C)=O)cc2)cc1. The molecule has 1 unspecified atom stereocenters. The molecule has 0 saturated heterocycles. The van der Waals surface area contributed by atoms with Gasteiger partial charge < -0.3 is 15.1 Å². The first-order chi connectivity index (χ1) is 14.7. The molecular formula is C22H26N4O5. The Balaban J connectivity index is 2.17. The smallest absolute Gasteiger partial charge is 0.275 e. The van der Waals surface area contributed by atoms with Crippen LogP contribution >= 0.6 is 0 Å². The van der Waals surface area contributed by atoms with Crippen LogP contribution in [-0.4, -0.2) is 65.8 Å². The molecule has 0 aliphatic rings. The number of nitrogens with zero attached hydrogens (tertiary/aromatic N) is 2. The summed E-state index contributed by atoms with van der Waals surface area (Å²) in [6.07, 6.45) is 0. The first-order valence-corrected chi connectivity index (χ1v) is 9.53. The number of hydroxylamine groups is 1. The van der Waals surface area contributed by atoms with Crippen LogP contribution in [0.15, 0.2) is 48.5 Å². The molecule has 2 rings (SSSR count). The van der Waals surface area contributed by atoms with E-state index in [-0.39, 0.29) is 11.5 Å². The fourth-order valence-electron chi connectivity index (χ4n) is 2.98. The van der Waals surface area contributed by atoms with E-state index in [0.717, 1.165) is 21.6 Å². The van der Waals surface area contributed by atoms with Gasteiger partial charge in [-0.2, -0.15) is 0 Å². The summed E-state index contributed by atoms with van der Waals surface area (Å²) in [5, 5.41) is 11.2. The molecule has 0 aliphatic heterocycles. The average molecular weight is 426 g/mol. The fourth-order valence-corrected chi connectivity index (χ4v) is 2.98. The van der Waals surface area contributed by atoms with Crippen molar-refractivity contribution < 1.29 is 24.4 Å². The first kappa shape index (κ1) is 23.6. The van der Waals surface area contributed by atoms with Gasteiger partial charge in [0.1, 0.15) is 0 Å². The predicted molar refractivity (Wildman–Crippen MR) is 114 cm³/mol. The van der Waals surface area contributed by atoms with Gasteiger partial charge in [0.15, 0.2) is 6.04 Å². The van der Waals surface area contributed by atoms with E-state index in [1.165, 1.54) is 26.5 Å². The Morgan fingerprint density at radius 2 is 1.42 bits per heavy atom. The molecule has 0 saturated carbocycles. The Morgan fingerprint density at radius 3 is 1.87 bits per heavy atom. The van der Waals surface area contributed by atoms with Crippen LogP contribution in [0.5, 0.6) is 0 Å². The van der Waals surface area contributed by atoms with E-state index in [1.54, 1.807) is 36.2 Å². The summed E-state index contributed by atoms with van der Waals surface area (Å²) >= 11 is 0. The first-order valence-electron chi connectivity index (χ1n) is 9.53. The Bertz CT molecular complexity index is 941. The van der Waals surface area contributed by atoms with Crippen LogP contribution in [0, 0.1) is 0 Å². The van der Waals surface area contributed by atoms with Crippen molar-refractivity contribution in [2.24, 2.45) is 0 Å². The standard InChI is InChI=1S/C22H26N4O5/c1-14(27)25(3)13-15-5-7-16(8-6-15)17-9-11-18(12-10-17)22(30)26(4)19(20(28)23-2)21(29)24-31/h5-12,19,31H,13H2,1-4H3,(H,23,28)(H,24,29). The maximum absolute atomic E-state index is 12.7. The topological polar surface area (TPSA) is 119 Å². The number of benzene rings is 2. The second-order valence-corrected chi connectivity index (χ2v) is 7.06. The van der Waals surface area contributed by atoms with Crippen LogP contribution in [0.1, 0.15) is 22.8 Å². The van der Waals surface area contributed by atoms with Crippen LogP contribution in [0.2, 0.25) is 0 Å². The number of amides is 4. The highest BCUT2D eigenvalue weighted by Crippen LogP contribution is 2.21. The van der Waals surface area contributed by atoms with Gasteiger partial charge in [-0.05, 0) is 28.8 Å². The highest BCUT2D eigenvalue weighted by Gasteiger charge is 2.33. The zero-order valence-electron chi connectivity index (χ0n) is 17.9. The fraction of sp³-hybridized carbons (Fsp3) is 0.273. The number of rotatable bonds is 7. The molecule has 0 aliphatic carbocycles. The van der Waals surface area contributed by atoms with Gasteiger partial charge in [0, 0.05) is 40.2 Å². The van der Waals surface area contributed by atoms with Crippen molar-refractivity contribution in [3.8, 4) is 11.1 Å². The van der Waals surface area contributed by atoms with E-state index in [4.69, 9.17) is 5.21 Å². The van der Waals surface area contributed by atoms with Crippen molar-refractivity contribution in [1.29, 1.82) is 0 Å². The van der Waals surface area contributed by atoms with Gasteiger partial charge >= 0.3 is 0 Å². The lowest BCUT2D eigenvalue weighted by atomic mass is 10.0. The summed E-state index contributed by atoms with van der Waals surface area (Å²) < 4.78 is 0. The molecule has 31 heavy (non-hydrogen) atoms. The van der Waals surface area contributed by atoms with Crippen molar-refractivity contribution in [3.63, 3.8) is 0 Å². The number of carbonyl (C=O) groups excluding carboxylic acids is 4. The summed E-state index contributed by atoms with van der Waals surface area (Å²) in [6, 6.07) is 12.9. The third-order valence-corrected chi connectivity index (χ3v) is 4.94. The highest BCUT2D eigenvalue weighted by atomic mass is 16.5. The molecule has 0 bridgehead atoms. The van der Waals surface area contributed by atoms with Crippen LogP contribution in [0.25, 0.3) is 11.1 Å². The molecule has 2 aromatic rings. The van der Waals surface area contributed by atoms with E-state index in [1.807, 2.05) is 24.3 Å². The van der Waals surface area contributed by atoms with Gasteiger partial charge in [0.25, 0.3) is 17.7 Å². The second kappa shape index (κ2) is 10.4. The molecule has 0 heterocycles. The maximum atomic E-state index is 12.7. The summed E-state index contributed by atoms with van der Waals surface area (Å²) in [7, 11) is 4.38. The maximum Gasteiger partial charge on any atom is 0.275 e. The molecule has 2 aromatic carbocycles. The summed E-state index contributed by atoms with van der Waals surface area (Å²) in [5.74, 6) is -2.30. The van der Waals surface area contributed by atoms with Gasteiger partial charge in [-0.1, -0.05) is 36.4 Å². The summed E-state index contributed by atoms with van der Waals surface area (Å²) in [4.78, 5) is 50.5. The number of nitrogens with one attached hydrogen (secondary N) is 2. The molecule has 164 valence electrons. The molecular weight excluding hydrogens is 400 g/mol. The third kappa shape index (κ3) is 5.67. The molecule has 9 nitrogen and oxygen atoms in total. The molecule has 4 amide bonds. The van der Waals surface area contributed by atoms with Gasteiger partial charge in [-0.25, -0.2) is 5.48 Å². The van der Waals surface area contributed by atoms with E-state index in [9.17, 15) is 19.2 Å². The average Bonchev–Trinajstić information content (AvgIpc) is 2.78. The molecule has 0 radical (unpaired) electrons. The van der Waals surface area contributed by atoms with Crippen molar-refractivity contribution in [1.82, 2.24) is 20.6 Å². The highest BCUT2D eigenvalue weighted by molar-refractivity contribution is 6.08. The Kier molecular flexibility index (Phi) is 7.87. The van der Waals surface area contributed by atoms with Crippen LogP contribution in [-0.2, 0) is 20.9 Å². The van der Waals surface area contributed by atoms with Crippen LogP contribution < -0.4 is 10.8 Å². The zero-order valence-corrected chi connectivity index (χ0v) is 17.9. The van der Waals surface area contributed by atoms with Crippen molar-refractivity contribution >= 4 is 23.6 Å². The second-order valence-electron chi connectivity index (χ2n) is 7.06. The number of hydrogen-bond donors (Lipinski definition) is 3. The number of likely N-dealkylation sites (N-methyl/N-ethyl adjacent to an activating group) is 2. The molecule has 1 atom stereocenters. The number of carbonyl (C=O) groups is 4. The summed E-state index contributed by atoms with van der Waals surface area (Å²) in [5.41, 5.74) is 4.50. The van der Waals surface area contributed by atoms with Gasteiger partial charge in [0.2, 0.25) is 5.91 Å². The van der Waals surface area contributed by atoms with Gasteiger partial charge in [0.05, 0.1) is 0 Å². The predicted octanol–water partition coefficient (Wildman–Crippen LogP) is 1.02. The quantitative estimate of drug-likeness (QED) is 0.347. The van der Waals surface area contributed by atoms with Gasteiger partial charge in [-0.3, -0.25) is 24.4 Å². The lowest BCUT2D eigenvalue weighted by Crippen LogP contribution is -2.54. The van der Waals surface area contributed by atoms with Crippen molar-refractivity contribution in [2.75, 3.05) is 21.1 Å². The third-order valence-electron chi connectivity index (χ3n) is 4.94. The molecule has 0 spiro atoms. The van der Waals surface area contributed by atoms with E-state index < -0.39 is 23.8 Å². The molecule has 0 fully saturated rings. The van der Waals surface area contributed by atoms with E-state index >= 15 is 0 Å². The lowest BCUT2D eigenvalue weighted by molar-refractivity contribution is -0.140. The summed E-state index contributed by atoms with van der Waals surface area (Å²) in [6.45, 7) is 2.03. The number of hydrogen-bond acceptors (Lipinski definition) is 5. The molecule has 9 heteroatoms.